The van der Waals surface area contributed by atoms with Crippen molar-refractivity contribution in [3.05, 3.63) is 21.0 Å². The van der Waals surface area contributed by atoms with Crippen molar-refractivity contribution < 1.29 is 31.8 Å². The molecule has 1 aromatic rings. The first-order valence-corrected chi connectivity index (χ1v) is 6.04. The highest BCUT2D eigenvalue weighted by Gasteiger charge is 2.34. The first kappa shape index (κ1) is 15.9. The van der Waals surface area contributed by atoms with E-state index in [2.05, 4.69) is 14.5 Å². The van der Waals surface area contributed by atoms with E-state index in [1.165, 1.54) is 29.5 Å². The second-order valence-electron chi connectivity index (χ2n) is 3.16. The van der Waals surface area contributed by atoms with E-state index in [1.54, 1.807) is 0 Å². The molecular weight excluding hydrogens is 385 g/mol. The molecule has 0 spiro atoms. The van der Waals surface area contributed by atoms with Gasteiger partial charge in [-0.2, -0.15) is 0 Å². The zero-order valence-corrected chi connectivity index (χ0v) is 11.7. The quantitative estimate of drug-likeness (QED) is 0.448. The molecule has 0 unspecified atom stereocenters. The maximum Gasteiger partial charge on any atom is 0.573 e. The van der Waals surface area contributed by atoms with Crippen molar-refractivity contribution in [3.8, 4) is 5.75 Å². The van der Waals surface area contributed by atoms with Crippen LogP contribution in [0.3, 0.4) is 0 Å². The third-order valence-electron chi connectivity index (χ3n) is 1.89. The molecule has 1 rings (SSSR count). The lowest BCUT2D eigenvalue weighted by Gasteiger charge is -2.14. The fraction of sp³-hybridized carbons (Fsp3) is 0.400. The molecule has 0 fully saturated rings. The normalized spacial score (nSPS) is 11.3. The van der Waals surface area contributed by atoms with Gasteiger partial charge in [0.05, 0.1) is 22.1 Å². The van der Waals surface area contributed by atoms with Crippen LogP contribution in [-0.4, -0.2) is 23.9 Å². The third-order valence-corrected chi connectivity index (χ3v) is 3.05. The first-order valence-electron chi connectivity index (χ1n) is 4.96. The first-order chi connectivity index (χ1) is 8.80. The fourth-order valence-electron chi connectivity index (χ4n) is 1.20. The molecule has 0 aliphatic heterocycles. The van der Waals surface area contributed by atoms with Crippen LogP contribution in [0, 0.1) is 3.57 Å². The number of carbonyl (C=O) groups excluding carboxylic acids is 1. The van der Waals surface area contributed by atoms with Gasteiger partial charge in [0.2, 0.25) is 0 Å². The molecule has 0 N–H and O–H groups in total. The van der Waals surface area contributed by atoms with E-state index in [0.717, 1.165) is 0 Å². The van der Waals surface area contributed by atoms with Gasteiger partial charge < -0.3 is 9.47 Å². The second-order valence-corrected chi connectivity index (χ2v) is 4.24. The second kappa shape index (κ2) is 6.35. The Hall–Kier alpha value is -1.13. The molecule has 0 amide bonds. The summed E-state index contributed by atoms with van der Waals surface area (Å²) in [4.78, 5) is 15.1. The summed E-state index contributed by atoms with van der Waals surface area (Å²) >= 11 is 1.52. The van der Waals surface area contributed by atoms with Crippen LogP contribution in [0.2, 0.25) is 0 Å². The van der Waals surface area contributed by atoms with E-state index >= 15 is 0 Å². The number of aromatic nitrogens is 1. The molecule has 106 valence electrons. The Kier molecular flexibility index (Phi) is 5.32. The summed E-state index contributed by atoms with van der Waals surface area (Å²) in [5.74, 6) is -1.84. The summed E-state index contributed by atoms with van der Waals surface area (Å²) in [7, 11) is 0. The van der Waals surface area contributed by atoms with E-state index in [4.69, 9.17) is 0 Å². The highest BCUT2D eigenvalue weighted by atomic mass is 127. The Morgan fingerprint density at radius 3 is 2.58 bits per heavy atom. The Balaban J connectivity index is 3.30. The molecule has 0 atom stereocenters. The van der Waals surface area contributed by atoms with Crippen molar-refractivity contribution in [2.24, 2.45) is 0 Å². The number of pyridine rings is 1. The number of hydrogen-bond acceptors (Lipinski definition) is 4. The maximum absolute atomic E-state index is 12.6. The predicted octanol–water partition coefficient (Wildman–Crippen LogP) is 3.23. The molecule has 19 heavy (non-hydrogen) atoms. The molecule has 0 aliphatic rings. The highest BCUT2D eigenvalue weighted by Crippen LogP contribution is 2.31. The van der Waals surface area contributed by atoms with Crippen LogP contribution in [0.25, 0.3) is 0 Å². The Morgan fingerprint density at radius 2 is 2.11 bits per heavy atom. The van der Waals surface area contributed by atoms with Crippen molar-refractivity contribution in [1.82, 2.24) is 4.98 Å². The van der Waals surface area contributed by atoms with Crippen molar-refractivity contribution in [2.75, 3.05) is 6.61 Å². The Bertz CT molecular complexity index is 479. The number of halogens is 5. The molecule has 1 heterocycles. The summed E-state index contributed by atoms with van der Waals surface area (Å²) in [6.45, 7) is 0.441. The van der Waals surface area contributed by atoms with E-state index < -0.39 is 30.3 Å². The van der Waals surface area contributed by atoms with Gasteiger partial charge in [0, 0.05) is 0 Å². The molecular formula is C10H8F4INO3. The number of ether oxygens (including phenoxy) is 2. The van der Waals surface area contributed by atoms with Gasteiger partial charge in [-0.25, -0.2) is 9.18 Å². The average molecular weight is 393 g/mol. The third kappa shape index (κ3) is 4.18. The van der Waals surface area contributed by atoms with Crippen molar-refractivity contribution in [3.63, 3.8) is 0 Å². The Morgan fingerprint density at radius 1 is 1.47 bits per heavy atom. The van der Waals surface area contributed by atoms with Gasteiger partial charge in [-0.1, -0.05) is 0 Å². The topological polar surface area (TPSA) is 48.4 Å². The molecule has 0 radical (unpaired) electrons. The standard InChI is InChI=1S/C10H8F4INO3/c1-2-18-9(17)7-6(19-10(12,13)14)4-16-5(3-11)8(7)15/h4H,2-3H2,1H3. The summed E-state index contributed by atoms with van der Waals surface area (Å²) in [6, 6.07) is 0. The SMILES string of the molecule is CCOC(=O)c1c(OC(F)(F)F)cnc(CF)c1I. The minimum atomic E-state index is -4.98. The van der Waals surface area contributed by atoms with E-state index in [0.29, 0.717) is 6.20 Å². The smallest absolute Gasteiger partial charge is 0.462 e. The molecule has 0 aromatic carbocycles. The average Bonchev–Trinajstić information content (AvgIpc) is 2.27. The molecule has 4 nitrogen and oxygen atoms in total. The lowest BCUT2D eigenvalue weighted by molar-refractivity contribution is -0.274. The number of rotatable bonds is 4. The van der Waals surface area contributed by atoms with Gasteiger partial charge in [-0.3, -0.25) is 4.98 Å². The summed E-state index contributed by atoms with van der Waals surface area (Å²) in [5, 5.41) is 0. The predicted molar refractivity (Wildman–Crippen MR) is 64.4 cm³/mol. The van der Waals surface area contributed by atoms with E-state index in [1.807, 2.05) is 0 Å². The minimum Gasteiger partial charge on any atom is -0.462 e. The molecule has 1 aromatic heterocycles. The van der Waals surface area contributed by atoms with E-state index in [-0.39, 0.29) is 15.9 Å². The van der Waals surface area contributed by atoms with Crippen LogP contribution in [0.1, 0.15) is 23.0 Å². The van der Waals surface area contributed by atoms with Crippen molar-refractivity contribution in [1.29, 1.82) is 0 Å². The number of esters is 1. The van der Waals surface area contributed by atoms with Gasteiger partial charge >= 0.3 is 12.3 Å². The van der Waals surface area contributed by atoms with Crippen LogP contribution in [0.4, 0.5) is 17.6 Å². The van der Waals surface area contributed by atoms with E-state index in [9.17, 15) is 22.4 Å². The summed E-state index contributed by atoms with van der Waals surface area (Å²) in [6.07, 6.45) is -4.33. The monoisotopic (exact) mass is 393 g/mol. The van der Waals surface area contributed by atoms with Crippen molar-refractivity contribution >= 4 is 28.6 Å². The maximum atomic E-state index is 12.6. The zero-order chi connectivity index (χ0) is 14.6. The molecule has 0 aliphatic carbocycles. The van der Waals surface area contributed by atoms with Crippen LogP contribution < -0.4 is 4.74 Å². The summed E-state index contributed by atoms with van der Waals surface area (Å²) in [5.41, 5.74) is -0.638. The lowest BCUT2D eigenvalue weighted by Crippen LogP contribution is -2.21. The van der Waals surface area contributed by atoms with Crippen LogP contribution in [0.15, 0.2) is 6.20 Å². The largest absolute Gasteiger partial charge is 0.573 e. The molecule has 0 saturated heterocycles. The van der Waals surface area contributed by atoms with Crippen molar-refractivity contribution in [2.45, 2.75) is 20.0 Å². The molecule has 0 saturated carbocycles. The lowest BCUT2D eigenvalue weighted by atomic mass is 10.2. The number of nitrogens with zero attached hydrogens (tertiary/aromatic N) is 1. The van der Waals surface area contributed by atoms with Crippen LogP contribution in [-0.2, 0) is 11.4 Å². The van der Waals surface area contributed by atoms with Crippen LogP contribution >= 0.6 is 22.6 Å². The number of alkyl halides is 4. The van der Waals surface area contributed by atoms with Gasteiger partial charge in [-0.15, -0.1) is 13.2 Å². The van der Waals surface area contributed by atoms with Gasteiger partial charge in [-0.05, 0) is 29.5 Å². The van der Waals surface area contributed by atoms with Gasteiger partial charge in [0.1, 0.15) is 12.2 Å². The van der Waals surface area contributed by atoms with Gasteiger partial charge in [0.15, 0.2) is 5.75 Å². The van der Waals surface area contributed by atoms with Crippen LogP contribution in [0.5, 0.6) is 5.75 Å². The van der Waals surface area contributed by atoms with Gasteiger partial charge in [0.25, 0.3) is 0 Å². The minimum absolute atomic E-state index is 0.0341. The molecule has 9 heteroatoms. The molecule has 0 bridgehead atoms. The number of hydrogen-bond donors (Lipinski definition) is 0. The highest BCUT2D eigenvalue weighted by molar-refractivity contribution is 14.1. The summed E-state index contributed by atoms with van der Waals surface area (Å²) < 4.78 is 57.5. The number of carbonyl (C=O) groups is 1. The Labute approximate surface area is 119 Å². The fourth-order valence-corrected chi connectivity index (χ4v) is 1.97. The zero-order valence-electron chi connectivity index (χ0n) is 9.55.